The molecular weight excluding hydrogens is 242 g/mol. The predicted molar refractivity (Wildman–Crippen MR) is 72.8 cm³/mol. The summed E-state index contributed by atoms with van der Waals surface area (Å²) >= 11 is 0. The maximum Gasteiger partial charge on any atom is 0.322 e. The number of benzene rings is 1. The zero-order valence-corrected chi connectivity index (χ0v) is 11.3. The minimum atomic E-state index is -0.579. The number of hydrogen-bond donors (Lipinski definition) is 1. The van der Waals surface area contributed by atoms with Crippen molar-refractivity contribution in [2.45, 2.75) is 51.4 Å². The first-order valence-electron chi connectivity index (χ1n) is 6.83. The van der Waals surface area contributed by atoms with Gasteiger partial charge < -0.3 is 15.2 Å². The highest BCUT2D eigenvalue weighted by molar-refractivity contribution is 5.74. The van der Waals surface area contributed by atoms with Crippen molar-refractivity contribution in [3.8, 4) is 5.75 Å². The lowest BCUT2D eigenvalue weighted by molar-refractivity contribution is -0.146. The summed E-state index contributed by atoms with van der Waals surface area (Å²) in [5.41, 5.74) is 6.36. The van der Waals surface area contributed by atoms with E-state index < -0.39 is 6.04 Å². The Morgan fingerprint density at radius 1 is 1.32 bits per heavy atom. The Morgan fingerprint density at radius 3 is 2.53 bits per heavy atom. The normalized spacial score (nSPS) is 17.2. The molecule has 1 atom stereocenters. The van der Waals surface area contributed by atoms with Crippen LogP contribution >= 0.6 is 0 Å². The Labute approximate surface area is 113 Å². The minimum Gasteiger partial charge on any atom is -0.490 e. The van der Waals surface area contributed by atoms with Crippen molar-refractivity contribution in [1.82, 2.24) is 0 Å². The summed E-state index contributed by atoms with van der Waals surface area (Å²) in [7, 11) is 0. The SMILES string of the molecule is CC(N)C(=O)OCc1ccc(OC2CCCC2)cc1. The molecule has 0 spiro atoms. The predicted octanol–water partition coefficient (Wildman–Crippen LogP) is 2.40. The molecule has 0 heterocycles. The van der Waals surface area contributed by atoms with Crippen LogP contribution in [0.3, 0.4) is 0 Å². The zero-order valence-electron chi connectivity index (χ0n) is 11.3. The largest absolute Gasteiger partial charge is 0.490 e. The van der Waals surface area contributed by atoms with Crippen LogP contribution in [0.5, 0.6) is 5.75 Å². The Kier molecular flexibility index (Phi) is 4.80. The van der Waals surface area contributed by atoms with E-state index in [0.717, 1.165) is 24.2 Å². The highest BCUT2D eigenvalue weighted by Crippen LogP contribution is 2.24. The molecule has 4 nitrogen and oxygen atoms in total. The van der Waals surface area contributed by atoms with E-state index in [2.05, 4.69) is 0 Å². The van der Waals surface area contributed by atoms with Crippen LogP contribution in [-0.4, -0.2) is 18.1 Å². The average Bonchev–Trinajstić information content (AvgIpc) is 2.90. The van der Waals surface area contributed by atoms with Crippen molar-refractivity contribution in [3.63, 3.8) is 0 Å². The molecule has 1 aromatic carbocycles. The van der Waals surface area contributed by atoms with Crippen LogP contribution in [0.2, 0.25) is 0 Å². The van der Waals surface area contributed by atoms with Gasteiger partial charge >= 0.3 is 5.97 Å². The molecular formula is C15H21NO3. The van der Waals surface area contributed by atoms with E-state index in [9.17, 15) is 4.79 Å². The lowest BCUT2D eigenvalue weighted by Crippen LogP contribution is -2.28. The first kappa shape index (κ1) is 13.9. The van der Waals surface area contributed by atoms with E-state index in [0.29, 0.717) is 6.10 Å². The maximum absolute atomic E-state index is 11.2. The molecule has 1 fully saturated rings. The van der Waals surface area contributed by atoms with Gasteiger partial charge in [-0.3, -0.25) is 4.79 Å². The molecule has 0 bridgehead atoms. The molecule has 0 saturated heterocycles. The van der Waals surface area contributed by atoms with Gasteiger partial charge in [0.1, 0.15) is 18.4 Å². The summed E-state index contributed by atoms with van der Waals surface area (Å²) in [6.45, 7) is 1.87. The lowest BCUT2D eigenvalue weighted by atomic mass is 10.2. The average molecular weight is 263 g/mol. The summed E-state index contributed by atoms with van der Waals surface area (Å²) in [4.78, 5) is 11.2. The fourth-order valence-electron chi connectivity index (χ4n) is 2.15. The third-order valence-electron chi connectivity index (χ3n) is 3.28. The van der Waals surface area contributed by atoms with Crippen molar-refractivity contribution >= 4 is 5.97 Å². The summed E-state index contributed by atoms with van der Waals surface area (Å²) < 4.78 is 10.9. The Hall–Kier alpha value is -1.55. The third kappa shape index (κ3) is 4.24. The van der Waals surface area contributed by atoms with Gasteiger partial charge in [0.25, 0.3) is 0 Å². The third-order valence-corrected chi connectivity index (χ3v) is 3.28. The van der Waals surface area contributed by atoms with E-state index in [1.165, 1.54) is 12.8 Å². The number of nitrogens with two attached hydrogens (primary N) is 1. The second-order valence-electron chi connectivity index (χ2n) is 5.06. The highest BCUT2D eigenvalue weighted by atomic mass is 16.5. The molecule has 1 aliphatic carbocycles. The molecule has 1 aliphatic rings. The van der Waals surface area contributed by atoms with Crippen LogP contribution in [0.25, 0.3) is 0 Å². The summed E-state index contributed by atoms with van der Waals surface area (Å²) in [6, 6.07) is 7.10. The van der Waals surface area contributed by atoms with E-state index in [1.807, 2.05) is 24.3 Å². The first-order valence-corrected chi connectivity index (χ1v) is 6.83. The van der Waals surface area contributed by atoms with Gasteiger partial charge in [-0.25, -0.2) is 0 Å². The van der Waals surface area contributed by atoms with Crippen LogP contribution in [0.15, 0.2) is 24.3 Å². The molecule has 0 amide bonds. The molecule has 0 radical (unpaired) electrons. The molecule has 2 rings (SSSR count). The number of ether oxygens (including phenoxy) is 2. The molecule has 1 saturated carbocycles. The second kappa shape index (κ2) is 6.57. The van der Waals surface area contributed by atoms with E-state index in [-0.39, 0.29) is 12.6 Å². The molecule has 0 aromatic heterocycles. The summed E-state index contributed by atoms with van der Waals surface area (Å²) in [5, 5.41) is 0. The zero-order chi connectivity index (χ0) is 13.7. The van der Waals surface area contributed by atoms with Gasteiger partial charge in [0.15, 0.2) is 0 Å². The van der Waals surface area contributed by atoms with Crippen molar-refractivity contribution < 1.29 is 14.3 Å². The quantitative estimate of drug-likeness (QED) is 0.829. The number of esters is 1. The first-order chi connectivity index (χ1) is 9.15. The van der Waals surface area contributed by atoms with Gasteiger partial charge in [-0.1, -0.05) is 12.1 Å². The van der Waals surface area contributed by atoms with Crippen LogP contribution in [0.4, 0.5) is 0 Å². The number of rotatable bonds is 5. The van der Waals surface area contributed by atoms with Crippen LogP contribution in [-0.2, 0) is 16.1 Å². The monoisotopic (exact) mass is 263 g/mol. The number of carbonyl (C=O) groups is 1. The van der Waals surface area contributed by atoms with E-state index in [1.54, 1.807) is 6.92 Å². The molecule has 1 aromatic rings. The molecule has 1 unspecified atom stereocenters. The Balaban J connectivity index is 1.82. The molecule has 2 N–H and O–H groups in total. The van der Waals surface area contributed by atoms with Crippen molar-refractivity contribution in [2.75, 3.05) is 0 Å². The smallest absolute Gasteiger partial charge is 0.322 e. The van der Waals surface area contributed by atoms with E-state index in [4.69, 9.17) is 15.2 Å². The van der Waals surface area contributed by atoms with Gasteiger partial charge in [-0.15, -0.1) is 0 Å². The van der Waals surface area contributed by atoms with Crippen molar-refractivity contribution in [3.05, 3.63) is 29.8 Å². The summed E-state index contributed by atoms with van der Waals surface area (Å²) in [6.07, 6.45) is 5.18. The summed E-state index contributed by atoms with van der Waals surface area (Å²) in [5.74, 6) is 0.500. The fraction of sp³-hybridized carbons (Fsp3) is 0.533. The van der Waals surface area contributed by atoms with Gasteiger partial charge in [-0.2, -0.15) is 0 Å². The standard InChI is InChI=1S/C15H21NO3/c1-11(16)15(17)18-10-12-6-8-14(9-7-12)19-13-4-2-3-5-13/h6-9,11,13H,2-5,10,16H2,1H3. The minimum absolute atomic E-state index is 0.254. The van der Waals surface area contributed by atoms with Crippen molar-refractivity contribution in [2.24, 2.45) is 5.73 Å². The number of hydrogen-bond acceptors (Lipinski definition) is 4. The maximum atomic E-state index is 11.2. The topological polar surface area (TPSA) is 61.6 Å². The van der Waals surface area contributed by atoms with Gasteiger partial charge in [-0.05, 0) is 50.3 Å². The van der Waals surface area contributed by atoms with E-state index >= 15 is 0 Å². The second-order valence-corrected chi connectivity index (χ2v) is 5.06. The Morgan fingerprint density at radius 2 is 1.95 bits per heavy atom. The van der Waals surface area contributed by atoms with Crippen molar-refractivity contribution in [1.29, 1.82) is 0 Å². The van der Waals surface area contributed by atoms with Gasteiger partial charge in [0.2, 0.25) is 0 Å². The molecule has 19 heavy (non-hydrogen) atoms. The van der Waals surface area contributed by atoms with Crippen LogP contribution in [0, 0.1) is 0 Å². The lowest BCUT2D eigenvalue weighted by Gasteiger charge is -2.13. The fourth-order valence-corrected chi connectivity index (χ4v) is 2.15. The number of carbonyl (C=O) groups excluding carboxylic acids is 1. The van der Waals surface area contributed by atoms with Crippen LogP contribution in [0.1, 0.15) is 38.2 Å². The highest BCUT2D eigenvalue weighted by Gasteiger charge is 2.16. The molecule has 104 valence electrons. The van der Waals surface area contributed by atoms with Gasteiger partial charge in [0.05, 0.1) is 6.10 Å². The molecule has 0 aliphatic heterocycles. The molecule has 4 heteroatoms. The van der Waals surface area contributed by atoms with Gasteiger partial charge in [0, 0.05) is 0 Å². The Bertz CT molecular complexity index is 408. The van der Waals surface area contributed by atoms with Crippen LogP contribution < -0.4 is 10.5 Å².